The molecule has 8 heteroatoms. The van der Waals surface area contributed by atoms with E-state index in [4.69, 9.17) is 9.47 Å². The average Bonchev–Trinajstić information content (AvgIpc) is 3.28. The standard InChI is InChI=1S/C23H22FN3O4/c1-30-21-7-3-2-5-17(21)20-6-4-12-27(20)23-25-13-18(22(28)29)19(26-23)14-31-16-10-8-15(24)9-11-16/h2-3,5,7-11,13,20H,4,6,12,14H2,1H3,(H,28,29). The maximum atomic E-state index is 13.1. The van der Waals surface area contributed by atoms with E-state index in [1.165, 1.54) is 30.5 Å². The van der Waals surface area contributed by atoms with Crippen molar-refractivity contribution in [3.05, 3.63) is 77.4 Å². The van der Waals surface area contributed by atoms with E-state index < -0.39 is 5.97 Å². The van der Waals surface area contributed by atoms with Crippen molar-refractivity contribution in [2.24, 2.45) is 0 Å². The summed E-state index contributed by atoms with van der Waals surface area (Å²) in [4.78, 5) is 22.6. The van der Waals surface area contributed by atoms with Crippen LogP contribution in [0.5, 0.6) is 11.5 Å². The highest BCUT2D eigenvalue weighted by atomic mass is 19.1. The van der Waals surface area contributed by atoms with Gasteiger partial charge in [-0.05, 0) is 43.2 Å². The lowest BCUT2D eigenvalue weighted by Gasteiger charge is -2.26. The van der Waals surface area contributed by atoms with E-state index in [-0.39, 0.29) is 29.7 Å². The van der Waals surface area contributed by atoms with E-state index in [0.717, 1.165) is 30.7 Å². The van der Waals surface area contributed by atoms with Gasteiger partial charge in [-0.15, -0.1) is 0 Å². The SMILES string of the molecule is COc1ccccc1C1CCCN1c1ncc(C(=O)O)c(COc2ccc(F)cc2)n1. The van der Waals surface area contributed by atoms with Crippen LogP contribution in [0.3, 0.4) is 0 Å². The summed E-state index contributed by atoms with van der Waals surface area (Å²) in [6.45, 7) is 0.670. The minimum absolute atomic E-state index is 0.0256. The van der Waals surface area contributed by atoms with Crippen LogP contribution in [-0.2, 0) is 6.61 Å². The topological polar surface area (TPSA) is 84.8 Å². The Morgan fingerprint density at radius 1 is 1.23 bits per heavy atom. The number of nitrogens with zero attached hydrogens (tertiary/aromatic N) is 3. The molecule has 4 rings (SSSR count). The fourth-order valence-corrected chi connectivity index (χ4v) is 3.79. The Morgan fingerprint density at radius 3 is 2.74 bits per heavy atom. The van der Waals surface area contributed by atoms with Crippen molar-refractivity contribution in [1.29, 1.82) is 0 Å². The van der Waals surface area contributed by atoms with Gasteiger partial charge < -0.3 is 19.5 Å². The van der Waals surface area contributed by atoms with Gasteiger partial charge in [0.1, 0.15) is 29.5 Å². The summed E-state index contributed by atoms with van der Waals surface area (Å²) in [6, 6.07) is 13.4. The molecule has 0 radical (unpaired) electrons. The van der Waals surface area contributed by atoms with Crippen LogP contribution in [-0.4, -0.2) is 34.7 Å². The van der Waals surface area contributed by atoms with Crippen molar-refractivity contribution in [3.8, 4) is 11.5 Å². The lowest BCUT2D eigenvalue weighted by atomic mass is 10.0. The number of carboxylic acid groups (broad SMARTS) is 1. The van der Waals surface area contributed by atoms with Gasteiger partial charge in [0.25, 0.3) is 0 Å². The second kappa shape index (κ2) is 8.99. The molecule has 0 amide bonds. The first-order chi connectivity index (χ1) is 15.1. The molecule has 0 bridgehead atoms. The zero-order valence-corrected chi connectivity index (χ0v) is 17.0. The summed E-state index contributed by atoms with van der Waals surface area (Å²) in [5, 5.41) is 9.54. The molecular weight excluding hydrogens is 401 g/mol. The Bertz CT molecular complexity index is 1070. The fraction of sp³-hybridized carbons (Fsp3) is 0.261. The number of para-hydroxylation sites is 1. The molecule has 1 atom stereocenters. The van der Waals surface area contributed by atoms with Crippen molar-refractivity contribution >= 4 is 11.9 Å². The van der Waals surface area contributed by atoms with Gasteiger partial charge in [0.05, 0.1) is 18.8 Å². The minimum atomic E-state index is -1.13. The summed E-state index contributed by atoms with van der Waals surface area (Å²) >= 11 is 0. The molecule has 1 aromatic heterocycles. The number of anilines is 1. The van der Waals surface area contributed by atoms with Gasteiger partial charge in [-0.1, -0.05) is 18.2 Å². The Morgan fingerprint density at radius 2 is 2.00 bits per heavy atom. The third-order valence-electron chi connectivity index (χ3n) is 5.28. The molecule has 1 N–H and O–H groups in total. The monoisotopic (exact) mass is 423 g/mol. The summed E-state index contributed by atoms with van der Waals surface area (Å²) in [5.41, 5.74) is 1.27. The molecule has 31 heavy (non-hydrogen) atoms. The van der Waals surface area contributed by atoms with Gasteiger partial charge in [0, 0.05) is 18.3 Å². The van der Waals surface area contributed by atoms with Crippen LogP contribution in [0.4, 0.5) is 10.3 Å². The van der Waals surface area contributed by atoms with Crippen LogP contribution < -0.4 is 14.4 Å². The summed E-state index contributed by atoms with van der Waals surface area (Å²) < 4.78 is 24.3. The minimum Gasteiger partial charge on any atom is -0.496 e. The number of carboxylic acids is 1. The van der Waals surface area contributed by atoms with Crippen molar-refractivity contribution in [2.75, 3.05) is 18.6 Å². The quantitative estimate of drug-likeness (QED) is 0.608. The smallest absolute Gasteiger partial charge is 0.339 e. The maximum Gasteiger partial charge on any atom is 0.339 e. The molecule has 7 nitrogen and oxygen atoms in total. The molecule has 1 fully saturated rings. The number of hydrogen-bond acceptors (Lipinski definition) is 6. The van der Waals surface area contributed by atoms with Crippen LogP contribution >= 0.6 is 0 Å². The van der Waals surface area contributed by atoms with Crippen LogP contribution in [0.25, 0.3) is 0 Å². The predicted octanol–water partition coefficient (Wildman–Crippen LogP) is 4.24. The molecular formula is C23H22FN3O4. The normalized spacial score (nSPS) is 15.7. The van der Waals surface area contributed by atoms with Gasteiger partial charge >= 0.3 is 5.97 Å². The number of halogens is 1. The number of carbonyl (C=O) groups is 1. The van der Waals surface area contributed by atoms with Gasteiger partial charge in [-0.25, -0.2) is 19.2 Å². The van der Waals surface area contributed by atoms with Crippen molar-refractivity contribution in [3.63, 3.8) is 0 Å². The van der Waals surface area contributed by atoms with Crippen LogP contribution in [0.2, 0.25) is 0 Å². The highest BCUT2D eigenvalue weighted by Gasteiger charge is 2.31. The third-order valence-corrected chi connectivity index (χ3v) is 5.28. The van der Waals surface area contributed by atoms with E-state index >= 15 is 0 Å². The number of aromatic carboxylic acids is 1. The lowest BCUT2D eigenvalue weighted by molar-refractivity contribution is 0.0692. The molecule has 2 aromatic carbocycles. The van der Waals surface area contributed by atoms with Gasteiger partial charge in [0.15, 0.2) is 0 Å². The molecule has 0 aliphatic carbocycles. The lowest BCUT2D eigenvalue weighted by Crippen LogP contribution is -2.26. The van der Waals surface area contributed by atoms with Crippen LogP contribution in [0.1, 0.15) is 40.5 Å². The summed E-state index contributed by atoms with van der Waals surface area (Å²) in [6.07, 6.45) is 3.17. The van der Waals surface area contributed by atoms with Crippen LogP contribution in [0.15, 0.2) is 54.7 Å². The van der Waals surface area contributed by atoms with Crippen LogP contribution in [0, 0.1) is 5.82 Å². The number of hydrogen-bond donors (Lipinski definition) is 1. The second-order valence-corrected chi connectivity index (χ2v) is 7.17. The second-order valence-electron chi connectivity index (χ2n) is 7.17. The van der Waals surface area contributed by atoms with E-state index in [9.17, 15) is 14.3 Å². The first-order valence-corrected chi connectivity index (χ1v) is 9.94. The molecule has 1 saturated heterocycles. The fourth-order valence-electron chi connectivity index (χ4n) is 3.79. The molecule has 2 heterocycles. The predicted molar refractivity (Wildman–Crippen MR) is 112 cm³/mol. The zero-order chi connectivity index (χ0) is 21.8. The largest absolute Gasteiger partial charge is 0.496 e. The number of rotatable bonds is 7. The van der Waals surface area contributed by atoms with Gasteiger partial charge in [-0.3, -0.25) is 0 Å². The molecule has 1 aliphatic rings. The maximum absolute atomic E-state index is 13.1. The summed E-state index contributed by atoms with van der Waals surface area (Å²) in [7, 11) is 1.64. The first kappa shape index (κ1) is 20.6. The summed E-state index contributed by atoms with van der Waals surface area (Å²) in [5.74, 6) is 0.148. The van der Waals surface area contributed by atoms with Crippen molar-refractivity contribution in [1.82, 2.24) is 9.97 Å². The number of ether oxygens (including phenoxy) is 2. The van der Waals surface area contributed by atoms with E-state index in [0.29, 0.717) is 11.7 Å². The van der Waals surface area contributed by atoms with Gasteiger partial charge in [-0.2, -0.15) is 0 Å². The molecule has 0 saturated carbocycles. The molecule has 1 unspecified atom stereocenters. The van der Waals surface area contributed by atoms with Gasteiger partial charge in [0.2, 0.25) is 5.95 Å². The van der Waals surface area contributed by atoms with E-state index in [1.54, 1.807) is 7.11 Å². The Kier molecular flexibility index (Phi) is 5.97. The zero-order valence-electron chi connectivity index (χ0n) is 17.0. The first-order valence-electron chi connectivity index (χ1n) is 9.94. The van der Waals surface area contributed by atoms with E-state index in [1.807, 2.05) is 24.3 Å². The molecule has 1 aliphatic heterocycles. The number of benzene rings is 2. The molecule has 160 valence electrons. The highest BCUT2D eigenvalue weighted by Crippen LogP contribution is 2.38. The van der Waals surface area contributed by atoms with Crippen molar-refractivity contribution < 1.29 is 23.8 Å². The Hall–Kier alpha value is -3.68. The third kappa shape index (κ3) is 4.42. The molecule has 3 aromatic rings. The van der Waals surface area contributed by atoms with Crippen molar-refractivity contribution in [2.45, 2.75) is 25.5 Å². The highest BCUT2D eigenvalue weighted by molar-refractivity contribution is 5.88. The Balaban J connectivity index is 1.62. The molecule has 0 spiro atoms. The average molecular weight is 423 g/mol. The van der Waals surface area contributed by atoms with E-state index in [2.05, 4.69) is 14.9 Å². The number of methoxy groups -OCH3 is 1. The Labute approximate surface area is 179 Å². The number of aromatic nitrogens is 2.